The Morgan fingerprint density at radius 1 is 1.33 bits per heavy atom. The number of hydrogen-bond acceptors (Lipinski definition) is 2. The standard InChI is InChI=1S/C7H12N2O3/c1-8(7(11)12)6(10)9-4-2-3-5-9/h2-5H2,1H3,(H,11,12). The molecule has 0 saturated carbocycles. The zero-order valence-electron chi connectivity index (χ0n) is 6.99. The summed E-state index contributed by atoms with van der Waals surface area (Å²) in [6.45, 7) is 1.35. The van der Waals surface area contributed by atoms with Crippen molar-refractivity contribution in [2.24, 2.45) is 0 Å². The highest BCUT2D eigenvalue weighted by Gasteiger charge is 2.24. The largest absolute Gasteiger partial charge is 0.465 e. The van der Waals surface area contributed by atoms with Crippen molar-refractivity contribution in [3.05, 3.63) is 0 Å². The van der Waals surface area contributed by atoms with Gasteiger partial charge in [-0.3, -0.25) is 0 Å². The number of urea groups is 1. The first-order valence-electron chi connectivity index (χ1n) is 3.88. The summed E-state index contributed by atoms with van der Waals surface area (Å²) in [7, 11) is 1.27. The van der Waals surface area contributed by atoms with Gasteiger partial charge in [0.05, 0.1) is 0 Å². The van der Waals surface area contributed by atoms with Crippen molar-refractivity contribution in [1.82, 2.24) is 9.80 Å². The molecule has 0 atom stereocenters. The Bertz CT molecular complexity index is 199. The van der Waals surface area contributed by atoms with Crippen molar-refractivity contribution in [3.8, 4) is 0 Å². The van der Waals surface area contributed by atoms with Crippen molar-refractivity contribution in [3.63, 3.8) is 0 Å². The van der Waals surface area contributed by atoms with Gasteiger partial charge >= 0.3 is 12.1 Å². The highest BCUT2D eigenvalue weighted by molar-refractivity contribution is 5.89. The topological polar surface area (TPSA) is 60.9 Å². The predicted molar refractivity (Wildman–Crippen MR) is 42.0 cm³/mol. The Kier molecular flexibility index (Phi) is 2.52. The normalized spacial score (nSPS) is 16.2. The van der Waals surface area contributed by atoms with E-state index in [4.69, 9.17) is 5.11 Å². The molecule has 1 saturated heterocycles. The molecule has 0 aromatic heterocycles. The van der Waals surface area contributed by atoms with Gasteiger partial charge in [0.1, 0.15) is 0 Å². The van der Waals surface area contributed by atoms with E-state index in [2.05, 4.69) is 0 Å². The summed E-state index contributed by atoms with van der Waals surface area (Å²) in [5, 5.41) is 8.49. The van der Waals surface area contributed by atoms with Gasteiger partial charge in [0.15, 0.2) is 0 Å². The van der Waals surface area contributed by atoms with Gasteiger partial charge in [-0.1, -0.05) is 0 Å². The van der Waals surface area contributed by atoms with E-state index in [1.807, 2.05) is 0 Å². The van der Waals surface area contributed by atoms with Crippen LogP contribution in [0.2, 0.25) is 0 Å². The predicted octanol–water partition coefficient (Wildman–Crippen LogP) is 0.812. The Hall–Kier alpha value is -1.26. The van der Waals surface area contributed by atoms with Crippen LogP contribution in [0, 0.1) is 0 Å². The van der Waals surface area contributed by atoms with E-state index in [0.717, 1.165) is 12.8 Å². The molecule has 5 heteroatoms. The average molecular weight is 172 g/mol. The van der Waals surface area contributed by atoms with Gasteiger partial charge < -0.3 is 10.0 Å². The number of hydrogen-bond donors (Lipinski definition) is 1. The quantitative estimate of drug-likeness (QED) is 0.588. The van der Waals surface area contributed by atoms with Crippen LogP contribution in [0.1, 0.15) is 12.8 Å². The zero-order chi connectivity index (χ0) is 9.14. The van der Waals surface area contributed by atoms with Gasteiger partial charge in [-0.05, 0) is 12.8 Å². The molecule has 0 unspecified atom stereocenters. The molecule has 1 rings (SSSR count). The molecular formula is C7H12N2O3. The van der Waals surface area contributed by atoms with E-state index in [1.165, 1.54) is 7.05 Å². The summed E-state index contributed by atoms with van der Waals surface area (Å²) >= 11 is 0. The molecule has 5 nitrogen and oxygen atoms in total. The molecule has 3 amide bonds. The molecule has 0 spiro atoms. The molecular weight excluding hydrogens is 160 g/mol. The second-order valence-electron chi connectivity index (χ2n) is 2.82. The van der Waals surface area contributed by atoms with Crippen molar-refractivity contribution in [1.29, 1.82) is 0 Å². The second kappa shape index (κ2) is 3.42. The van der Waals surface area contributed by atoms with Gasteiger partial charge in [0.25, 0.3) is 0 Å². The number of nitrogens with zero attached hydrogens (tertiary/aromatic N) is 2. The van der Waals surface area contributed by atoms with Crippen molar-refractivity contribution >= 4 is 12.1 Å². The number of carbonyl (C=O) groups excluding carboxylic acids is 1. The van der Waals surface area contributed by atoms with E-state index in [1.54, 1.807) is 4.90 Å². The molecule has 0 radical (unpaired) electrons. The van der Waals surface area contributed by atoms with Gasteiger partial charge in [-0.2, -0.15) is 0 Å². The third-order valence-corrected chi connectivity index (χ3v) is 1.95. The molecule has 0 aliphatic carbocycles. The van der Waals surface area contributed by atoms with E-state index >= 15 is 0 Å². The molecule has 1 fully saturated rings. The van der Waals surface area contributed by atoms with Gasteiger partial charge in [-0.25, -0.2) is 14.5 Å². The lowest BCUT2D eigenvalue weighted by atomic mass is 10.4. The second-order valence-corrected chi connectivity index (χ2v) is 2.82. The summed E-state index contributed by atoms with van der Waals surface area (Å²) in [5.74, 6) is 0. The maximum Gasteiger partial charge on any atom is 0.415 e. The molecule has 1 aliphatic rings. The maximum absolute atomic E-state index is 11.3. The number of likely N-dealkylation sites (tertiary alicyclic amines) is 1. The Morgan fingerprint density at radius 3 is 2.25 bits per heavy atom. The van der Waals surface area contributed by atoms with Crippen molar-refractivity contribution in [2.75, 3.05) is 20.1 Å². The SMILES string of the molecule is CN(C(=O)O)C(=O)N1CCCC1. The Balaban J connectivity index is 2.51. The third-order valence-electron chi connectivity index (χ3n) is 1.95. The van der Waals surface area contributed by atoms with Gasteiger partial charge in [0.2, 0.25) is 0 Å². The summed E-state index contributed by atoms with van der Waals surface area (Å²) in [4.78, 5) is 23.9. The van der Waals surface area contributed by atoms with Gasteiger partial charge in [-0.15, -0.1) is 0 Å². The Morgan fingerprint density at radius 2 is 1.83 bits per heavy atom. The number of carbonyl (C=O) groups is 2. The van der Waals surface area contributed by atoms with Crippen LogP contribution in [-0.4, -0.2) is 47.2 Å². The maximum atomic E-state index is 11.3. The molecule has 0 aromatic carbocycles. The number of carboxylic acid groups (broad SMARTS) is 1. The van der Waals surface area contributed by atoms with Crippen LogP contribution in [0.15, 0.2) is 0 Å². The lowest BCUT2D eigenvalue weighted by Gasteiger charge is -2.20. The molecule has 0 bridgehead atoms. The van der Waals surface area contributed by atoms with Crippen LogP contribution in [0.3, 0.4) is 0 Å². The summed E-state index contributed by atoms with van der Waals surface area (Å²) < 4.78 is 0. The third kappa shape index (κ3) is 1.66. The first kappa shape index (κ1) is 8.83. The van der Waals surface area contributed by atoms with Crippen LogP contribution >= 0.6 is 0 Å². The summed E-state index contributed by atoms with van der Waals surface area (Å²) in [6, 6.07) is -0.417. The molecule has 68 valence electrons. The van der Waals surface area contributed by atoms with E-state index in [0.29, 0.717) is 18.0 Å². The van der Waals surface area contributed by atoms with E-state index in [9.17, 15) is 9.59 Å². The van der Waals surface area contributed by atoms with E-state index < -0.39 is 12.1 Å². The fourth-order valence-corrected chi connectivity index (χ4v) is 1.20. The zero-order valence-corrected chi connectivity index (χ0v) is 6.99. The number of rotatable bonds is 0. The molecule has 1 heterocycles. The summed E-state index contributed by atoms with van der Waals surface area (Å²) in [6.07, 6.45) is 0.741. The van der Waals surface area contributed by atoms with Crippen LogP contribution < -0.4 is 0 Å². The van der Waals surface area contributed by atoms with E-state index in [-0.39, 0.29) is 0 Å². The van der Waals surface area contributed by atoms with Crippen molar-refractivity contribution < 1.29 is 14.7 Å². The monoisotopic (exact) mass is 172 g/mol. The molecule has 1 N–H and O–H groups in total. The molecule has 12 heavy (non-hydrogen) atoms. The minimum absolute atomic E-state index is 0.417. The Labute approximate surface area is 70.6 Å². The first-order valence-corrected chi connectivity index (χ1v) is 3.88. The summed E-state index contributed by atoms with van der Waals surface area (Å²) in [5.41, 5.74) is 0. The van der Waals surface area contributed by atoms with Crippen LogP contribution in [0.4, 0.5) is 9.59 Å². The fraction of sp³-hybridized carbons (Fsp3) is 0.714. The minimum Gasteiger partial charge on any atom is -0.465 e. The fourth-order valence-electron chi connectivity index (χ4n) is 1.20. The van der Waals surface area contributed by atoms with Crippen LogP contribution in [0.5, 0.6) is 0 Å². The smallest absolute Gasteiger partial charge is 0.415 e. The lowest BCUT2D eigenvalue weighted by molar-refractivity contribution is 0.142. The van der Waals surface area contributed by atoms with Gasteiger partial charge in [0, 0.05) is 20.1 Å². The van der Waals surface area contributed by atoms with Crippen LogP contribution in [-0.2, 0) is 0 Å². The highest BCUT2D eigenvalue weighted by Crippen LogP contribution is 2.09. The minimum atomic E-state index is -1.20. The average Bonchev–Trinajstić information content (AvgIpc) is 2.53. The molecule has 0 aromatic rings. The lowest BCUT2D eigenvalue weighted by Crippen LogP contribution is -2.41. The first-order chi connectivity index (χ1) is 5.63. The van der Waals surface area contributed by atoms with Crippen molar-refractivity contribution in [2.45, 2.75) is 12.8 Å². The van der Waals surface area contributed by atoms with Crippen LogP contribution in [0.25, 0.3) is 0 Å². The molecule has 1 aliphatic heterocycles. The number of amides is 3. The highest BCUT2D eigenvalue weighted by atomic mass is 16.4. The number of imide groups is 1.